The van der Waals surface area contributed by atoms with E-state index in [1.807, 2.05) is 6.07 Å². The molecule has 2 rings (SSSR count). The molecule has 106 valence electrons. The number of anilines is 1. The zero-order valence-electron chi connectivity index (χ0n) is 12.6. The molecule has 0 aromatic heterocycles. The Morgan fingerprint density at radius 2 is 1.84 bits per heavy atom. The van der Waals surface area contributed by atoms with Gasteiger partial charge >= 0.3 is 0 Å². The lowest BCUT2D eigenvalue weighted by Crippen LogP contribution is -2.20. The maximum atomic E-state index is 6.16. The third-order valence-electron chi connectivity index (χ3n) is 3.86. The average molecular weight is 262 g/mol. The molecule has 3 heteroatoms. The molecule has 1 aliphatic rings. The highest BCUT2D eigenvalue weighted by Gasteiger charge is 2.20. The summed E-state index contributed by atoms with van der Waals surface area (Å²) in [6.07, 6.45) is 2.60. The van der Waals surface area contributed by atoms with Gasteiger partial charge < -0.3 is 10.5 Å². The lowest BCUT2D eigenvalue weighted by atomic mass is 9.85. The Kier molecular flexibility index (Phi) is 4.04. The van der Waals surface area contributed by atoms with Crippen molar-refractivity contribution in [2.24, 2.45) is 0 Å². The van der Waals surface area contributed by atoms with Gasteiger partial charge in [-0.05, 0) is 43.0 Å². The van der Waals surface area contributed by atoms with Gasteiger partial charge in [-0.2, -0.15) is 0 Å². The Hall–Kier alpha value is -1.22. The normalized spacial score (nSPS) is 16.8. The predicted molar refractivity (Wildman–Crippen MR) is 80.6 cm³/mol. The van der Waals surface area contributed by atoms with Gasteiger partial charge in [0.05, 0.1) is 12.8 Å². The minimum Gasteiger partial charge on any atom is -0.494 e. The summed E-state index contributed by atoms with van der Waals surface area (Å²) < 4.78 is 5.50. The first kappa shape index (κ1) is 14.2. The van der Waals surface area contributed by atoms with Crippen LogP contribution in [0.4, 0.5) is 5.69 Å². The predicted octanol–water partition coefficient (Wildman–Crippen LogP) is 3.17. The summed E-state index contributed by atoms with van der Waals surface area (Å²) in [6, 6.07) is 4.31. The first-order valence-corrected chi connectivity index (χ1v) is 7.11. The van der Waals surface area contributed by atoms with E-state index in [9.17, 15) is 0 Å². The first-order valence-electron chi connectivity index (χ1n) is 7.11. The molecule has 1 saturated heterocycles. The Bertz CT molecular complexity index is 443. The molecule has 19 heavy (non-hydrogen) atoms. The van der Waals surface area contributed by atoms with Crippen LogP contribution in [0.2, 0.25) is 0 Å². The fourth-order valence-electron chi connectivity index (χ4n) is 2.69. The van der Waals surface area contributed by atoms with Crippen LogP contribution in [0.1, 0.15) is 44.7 Å². The van der Waals surface area contributed by atoms with E-state index in [-0.39, 0.29) is 5.41 Å². The van der Waals surface area contributed by atoms with E-state index in [0.29, 0.717) is 0 Å². The van der Waals surface area contributed by atoms with E-state index in [1.165, 1.54) is 37.1 Å². The molecule has 0 spiro atoms. The van der Waals surface area contributed by atoms with E-state index in [4.69, 9.17) is 10.5 Å². The lowest BCUT2D eigenvalue weighted by molar-refractivity contribution is 0.321. The van der Waals surface area contributed by atoms with E-state index >= 15 is 0 Å². The van der Waals surface area contributed by atoms with Crippen LogP contribution in [0.15, 0.2) is 12.1 Å². The number of hydrogen-bond acceptors (Lipinski definition) is 3. The van der Waals surface area contributed by atoms with Gasteiger partial charge in [0.1, 0.15) is 5.75 Å². The van der Waals surface area contributed by atoms with Crippen molar-refractivity contribution in [3.05, 3.63) is 23.3 Å². The number of methoxy groups -OCH3 is 1. The van der Waals surface area contributed by atoms with Gasteiger partial charge in [-0.3, -0.25) is 4.90 Å². The van der Waals surface area contributed by atoms with Crippen molar-refractivity contribution in [3.8, 4) is 5.75 Å². The second-order valence-corrected chi connectivity index (χ2v) is 6.49. The number of benzene rings is 1. The fourth-order valence-corrected chi connectivity index (χ4v) is 2.69. The number of ether oxygens (including phenoxy) is 1. The second kappa shape index (κ2) is 5.41. The highest BCUT2D eigenvalue weighted by Crippen LogP contribution is 2.34. The number of rotatable bonds is 3. The summed E-state index contributed by atoms with van der Waals surface area (Å²) in [7, 11) is 1.70. The first-order chi connectivity index (χ1) is 8.91. The largest absolute Gasteiger partial charge is 0.494 e. The molecule has 0 atom stereocenters. The van der Waals surface area contributed by atoms with Gasteiger partial charge in [-0.15, -0.1) is 0 Å². The Balaban J connectivity index is 2.35. The Morgan fingerprint density at radius 1 is 1.21 bits per heavy atom. The van der Waals surface area contributed by atoms with Crippen molar-refractivity contribution >= 4 is 5.69 Å². The van der Waals surface area contributed by atoms with Gasteiger partial charge in [-0.1, -0.05) is 26.8 Å². The maximum Gasteiger partial charge on any atom is 0.146 e. The van der Waals surface area contributed by atoms with Crippen LogP contribution in [0.3, 0.4) is 0 Å². The summed E-state index contributed by atoms with van der Waals surface area (Å²) in [4.78, 5) is 2.48. The van der Waals surface area contributed by atoms with Crippen molar-refractivity contribution in [3.63, 3.8) is 0 Å². The quantitative estimate of drug-likeness (QED) is 0.850. The van der Waals surface area contributed by atoms with Gasteiger partial charge in [0.25, 0.3) is 0 Å². The molecule has 1 aliphatic heterocycles. The van der Waals surface area contributed by atoms with Crippen LogP contribution in [0.25, 0.3) is 0 Å². The van der Waals surface area contributed by atoms with Gasteiger partial charge in [-0.25, -0.2) is 0 Å². The molecule has 1 heterocycles. The smallest absolute Gasteiger partial charge is 0.146 e. The third-order valence-corrected chi connectivity index (χ3v) is 3.86. The number of nitrogens with two attached hydrogens (primary N) is 1. The molecule has 1 aromatic rings. The molecular weight excluding hydrogens is 236 g/mol. The van der Waals surface area contributed by atoms with E-state index < -0.39 is 0 Å². The summed E-state index contributed by atoms with van der Waals surface area (Å²) in [5, 5.41) is 0. The zero-order valence-corrected chi connectivity index (χ0v) is 12.6. The van der Waals surface area contributed by atoms with Crippen LogP contribution >= 0.6 is 0 Å². The van der Waals surface area contributed by atoms with Gasteiger partial charge in [0.15, 0.2) is 0 Å². The number of likely N-dealkylation sites (tertiary alicyclic amines) is 1. The summed E-state index contributed by atoms with van der Waals surface area (Å²) in [5.41, 5.74) is 9.52. The van der Waals surface area contributed by atoms with Crippen LogP contribution in [0.5, 0.6) is 5.75 Å². The molecule has 0 aliphatic carbocycles. The number of nitrogens with zero attached hydrogens (tertiary/aromatic N) is 1. The van der Waals surface area contributed by atoms with Crippen LogP contribution in [-0.4, -0.2) is 25.1 Å². The molecule has 3 nitrogen and oxygen atoms in total. The van der Waals surface area contributed by atoms with Crippen molar-refractivity contribution in [2.75, 3.05) is 25.9 Å². The zero-order chi connectivity index (χ0) is 14.0. The van der Waals surface area contributed by atoms with Gasteiger partial charge in [0.2, 0.25) is 0 Å². The number of hydrogen-bond donors (Lipinski definition) is 1. The molecule has 0 radical (unpaired) electrons. The maximum absolute atomic E-state index is 6.16. The van der Waals surface area contributed by atoms with E-state index in [0.717, 1.165) is 18.0 Å². The van der Waals surface area contributed by atoms with Crippen molar-refractivity contribution in [2.45, 2.75) is 45.6 Å². The molecular formula is C16H26N2O. The average Bonchev–Trinajstić information content (AvgIpc) is 2.80. The number of nitrogen functional groups attached to an aromatic ring is 1. The standard InChI is InChI=1S/C16H26N2O/c1-16(2,3)13-9-12(11-18-7-5-6-8-18)15(19-4)14(17)10-13/h9-10H,5-8,11,17H2,1-4H3. The Labute approximate surface area is 116 Å². The third kappa shape index (κ3) is 3.21. The highest BCUT2D eigenvalue weighted by atomic mass is 16.5. The fraction of sp³-hybridized carbons (Fsp3) is 0.625. The lowest BCUT2D eigenvalue weighted by Gasteiger charge is -2.24. The minimum absolute atomic E-state index is 0.111. The summed E-state index contributed by atoms with van der Waals surface area (Å²) >= 11 is 0. The van der Waals surface area contributed by atoms with Crippen LogP contribution < -0.4 is 10.5 Å². The van der Waals surface area contributed by atoms with E-state index in [2.05, 4.69) is 31.7 Å². The second-order valence-electron chi connectivity index (χ2n) is 6.49. The summed E-state index contributed by atoms with van der Waals surface area (Å²) in [5.74, 6) is 0.847. The highest BCUT2D eigenvalue weighted by molar-refractivity contribution is 5.60. The molecule has 0 unspecified atom stereocenters. The summed E-state index contributed by atoms with van der Waals surface area (Å²) in [6.45, 7) is 9.96. The molecule has 0 amide bonds. The van der Waals surface area contributed by atoms with Crippen LogP contribution in [-0.2, 0) is 12.0 Å². The van der Waals surface area contributed by atoms with Crippen LogP contribution in [0, 0.1) is 0 Å². The van der Waals surface area contributed by atoms with Gasteiger partial charge in [0, 0.05) is 12.1 Å². The van der Waals surface area contributed by atoms with Crippen molar-refractivity contribution in [1.82, 2.24) is 4.90 Å². The van der Waals surface area contributed by atoms with Crippen molar-refractivity contribution < 1.29 is 4.74 Å². The Morgan fingerprint density at radius 3 is 2.37 bits per heavy atom. The van der Waals surface area contributed by atoms with E-state index in [1.54, 1.807) is 7.11 Å². The SMILES string of the molecule is COc1c(N)cc(C(C)(C)C)cc1CN1CCCC1. The molecule has 0 bridgehead atoms. The minimum atomic E-state index is 0.111. The molecule has 1 aromatic carbocycles. The molecule has 2 N–H and O–H groups in total. The van der Waals surface area contributed by atoms with Crippen molar-refractivity contribution in [1.29, 1.82) is 0 Å². The molecule has 0 saturated carbocycles. The topological polar surface area (TPSA) is 38.5 Å². The monoisotopic (exact) mass is 262 g/mol. The molecule has 1 fully saturated rings.